The smallest absolute Gasteiger partial charge is 0.347 e. The van der Waals surface area contributed by atoms with E-state index in [-0.39, 0.29) is 10.7 Å². The molecule has 0 atom stereocenters. The van der Waals surface area contributed by atoms with Gasteiger partial charge < -0.3 is 14.7 Å². The summed E-state index contributed by atoms with van der Waals surface area (Å²) in [4.78, 5) is 13.4. The van der Waals surface area contributed by atoms with E-state index in [1.54, 1.807) is 19.1 Å². The van der Waals surface area contributed by atoms with Crippen LogP contribution < -0.4 is 9.64 Å². The highest BCUT2D eigenvalue weighted by Crippen LogP contribution is 2.28. The van der Waals surface area contributed by atoms with E-state index in [0.717, 1.165) is 5.69 Å². The predicted molar refractivity (Wildman–Crippen MR) is 111 cm³/mol. The number of nitrogens with zero attached hydrogens (tertiary/aromatic N) is 2. The average Bonchev–Trinajstić information content (AvgIpc) is 2.70. The van der Waals surface area contributed by atoms with Gasteiger partial charge >= 0.3 is 5.97 Å². The molecule has 9 heteroatoms. The van der Waals surface area contributed by atoms with Crippen LogP contribution in [0.15, 0.2) is 47.4 Å². The minimum Gasteiger partial charge on any atom is -0.478 e. The van der Waals surface area contributed by atoms with Crippen molar-refractivity contribution in [1.29, 1.82) is 0 Å². The van der Waals surface area contributed by atoms with Crippen molar-refractivity contribution >= 4 is 21.7 Å². The van der Waals surface area contributed by atoms with E-state index >= 15 is 0 Å². The molecule has 0 radical (unpaired) electrons. The zero-order valence-electron chi connectivity index (χ0n) is 17.1. The summed E-state index contributed by atoms with van der Waals surface area (Å²) in [6, 6.07) is 10.5. The second-order valence-corrected chi connectivity index (χ2v) is 9.65. The van der Waals surface area contributed by atoms with Crippen molar-refractivity contribution in [2.45, 2.75) is 31.3 Å². The third kappa shape index (κ3) is 4.57. The molecule has 3 rings (SSSR count). The van der Waals surface area contributed by atoms with E-state index in [0.29, 0.717) is 37.5 Å². The molecule has 30 heavy (non-hydrogen) atoms. The maximum atomic E-state index is 13.1. The third-order valence-corrected chi connectivity index (χ3v) is 6.99. The number of sulfonamides is 1. The Balaban J connectivity index is 1.72. The molecule has 0 spiro atoms. The molecule has 1 saturated heterocycles. The van der Waals surface area contributed by atoms with Gasteiger partial charge in [-0.2, -0.15) is 4.31 Å². The van der Waals surface area contributed by atoms with Crippen molar-refractivity contribution < 1.29 is 27.4 Å². The topological polar surface area (TPSA) is 87.2 Å². The SMILES string of the molecule is Cc1cc(S(=O)(=O)N2CCN(c3ccc(F)cc3)CC2)ccc1OC(C)(C)C(=O)O. The Morgan fingerprint density at radius 3 is 2.20 bits per heavy atom. The number of ether oxygens (including phenoxy) is 1. The van der Waals surface area contributed by atoms with Crippen LogP contribution in [0.1, 0.15) is 19.4 Å². The van der Waals surface area contributed by atoms with Crippen LogP contribution in [0, 0.1) is 12.7 Å². The van der Waals surface area contributed by atoms with E-state index < -0.39 is 21.6 Å². The summed E-state index contributed by atoms with van der Waals surface area (Å²) in [5.41, 5.74) is -0.0378. The minimum atomic E-state index is -3.70. The number of anilines is 1. The molecule has 162 valence electrons. The summed E-state index contributed by atoms with van der Waals surface area (Å²) >= 11 is 0. The molecule has 2 aromatic carbocycles. The standard InChI is InChI=1S/C21H25FN2O5S/c1-15-14-18(8-9-19(15)29-21(2,3)20(25)26)30(27,28)24-12-10-23(11-13-24)17-6-4-16(22)5-7-17/h4-9,14H,10-13H2,1-3H3,(H,25,26). The zero-order chi connectivity index (χ0) is 22.1. The summed E-state index contributed by atoms with van der Waals surface area (Å²) in [5.74, 6) is -1.10. The Kier molecular flexibility index (Phi) is 6.05. The molecule has 1 fully saturated rings. The highest BCUT2D eigenvalue weighted by atomic mass is 32.2. The van der Waals surface area contributed by atoms with Gasteiger partial charge in [-0.05, 0) is 68.8 Å². The fourth-order valence-electron chi connectivity index (χ4n) is 3.20. The monoisotopic (exact) mass is 436 g/mol. The summed E-state index contributed by atoms with van der Waals surface area (Å²) in [6.45, 7) is 6.15. The highest BCUT2D eigenvalue weighted by Gasteiger charge is 2.32. The summed E-state index contributed by atoms with van der Waals surface area (Å²) in [6.07, 6.45) is 0. The van der Waals surface area contributed by atoms with Gasteiger partial charge in [0.15, 0.2) is 5.60 Å². The second-order valence-electron chi connectivity index (χ2n) is 7.71. The van der Waals surface area contributed by atoms with Crippen molar-refractivity contribution in [3.63, 3.8) is 0 Å². The largest absolute Gasteiger partial charge is 0.478 e. The Bertz CT molecular complexity index is 1030. The van der Waals surface area contributed by atoms with Gasteiger partial charge in [0.1, 0.15) is 11.6 Å². The molecule has 2 aromatic rings. The number of hydrogen-bond acceptors (Lipinski definition) is 5. The lowest BCUT2D eigenvalue weighted by molar-refractivity contribution is -0.152. The third-order valence-electron chi connectivity index (χ3n) is 5.09. The number of halogens is 1. The fraction of sp³-hybridized carbons (Fsp3) is 0.381. The highest BCUT2D eigenvalue weighted by molar-refractivity contribution is 7.89. The minimum absolute atomic E-state index is 0.135. The number of carboxylic acids is 1. The Morgan fingerprint density at radius 1 is 1.07 bits per heavy atom. The van der Waals surface area contributed by atoms with Gasteiger partial charge in [0.05, 0.1) is 4.90 Å². The van der Waals surface area contributed by atoms with Crippen LogP contribution in [-0.4, -0.2) is 55.6 Å². The molecule has 1 aliphatic rings. The molecule has 0 bridgehead atoms. The van der Waals surface area contributed by atoms with Gasteiger partial charge in [-0.1, -0.05) is 0 Å². The van der Waals surface area contributed by atoms with Crippen molar-refractivity contribution in [2.75, 3.05) is 31.1 Å². The summed E-state index contributed by atoms with van der Waals surface area (Å²) in [5, 5.41) is 9.21. The lowest BCUT2D eigenvalue weighted by Crippen LogP contribution is -2.48. The zero-order valence-corrected chi connectivity index (χ0v) is 17.9. The molecular formula is C21H25FN2O5S. The summed E-state index contributed by atoms with van der Waals surface area (Å²) in [7, 11) is -3.70. The molecule has 1 N–H and O–H groups in total. The molecule has 7 nitrogen and oxygen atoms in total. The van der Waals surface area contributed by atoms with Crippen LogP contribution in [0.5, 0.6) is 5.75 Å². The van der Waals surface area contributed by atoms with E-state index in [1.165, 1.54) is 48.5 Å². The van der Waals surface area contributed by atoms with E-state index in [4.69, 9.17) is 4.74 Å². The maximum absolute atomic E-state index is 13.1. The molecule has 0 saturated carbocycles. The van der Waals surface area contributed by atoms with E-state index in [1.807, 2.05) is 4.90 Å². The number of carbonyl (C=O) groups is 1. The molecule has 0 unspecified atom stereocenters. The molecule has 1 aliphatic heterocycles. The fourth-order valence-corrected chi connectivity index (χ4v) is 4.71. The molecule has 0 aromatic heterocycles. The number of hydrogen-bond donors (Lipinski definition) is 1. The van der Waals surface area contributed by atoms with Gasteiger partial charge in [-0.25, -0.2) is 17.6 Å². The van der Waals surface area contributed by atoms with Crippen molar-refractivity contribution in [3.8, 4) is 5.75 Å². The summed E-state index contributed by atoms with van der Waals surface area (Å²) < 4.78 is 46.2. The number of piperazine rings is 1. The van der Waals surface area contributed by atoms with Gasteiger partial charge in [-0.15, -0.1) is 0 Å². The predicted octanol–water partition coefficient (Wildman–Crippen LogP) is 2.89. The lowest BCUT2D eigenvalue weighted by atomic mass is 10.1. The molecule has 0 amide bonds. The first kappa shape index (κ1) is 22.0. The van der Waals surface area contributed by atoms with Crippen molar-refractivity contribution in [2.24, 2.45) is 0 Å². The number of rotatable bonds is 6. The average molecular weight is 437 g/mol. The molecule has 0 aliphatic carbocycles. The van der Waals surface area contributed by atoms with Crippen molar-refractivity contribution in [1.82, 2.24) is 4.31 Å². The normalized spacial score (nSPS) is 15.8. The first-order valence-corrected chi connectivity index (χ1v) is 11.0. The van der Waals surface area contributed by atoms with E-state index in [2.05, 4.69) is 0 Å². The van der Waals surface area contributed by atoms with Crippen LogP contribution in [0.3, 0.4) is 0 Å². The Hall–Kier alpha value is -2.65. The van der Waals surface area contributed by atoms with E-state index in [9.17, 15) is 22.7 Å². The van der Waals surface area contributed by atoms with Crippen LogP contribution in [-0.2, 0) is 14.8 Å². The number of aryl methyl sites for hydroxylation is 1. The first-order valence-electron chi connectivity index (χ1n) is 9.54. The van der Waals surface area contributed by atoms with Gasteiger partial charge in [-0.3, -0.25) is 0 Å². The first-order chi connectivity index (χ1) is 14.0. The van der Waals surface area contributed by atoms with Crippen LogP contribution >= 0.6 is 0 Å². The maximum Gasteiger partial charge on any atom is 0.347 e. The quantitative estimate of drug-likeness (QED) is 0.749. The van der Waals surface area contributed by atoms with Crippen LogP contribution in [0.25, 0.3) is 0 Å². The van der Waals surface area contributed by atoms with Gasteiger partial charge in [0.25, 0.3) is 0 Å². The van der Waals surface area contributed by atoms with Gasteiger partial charge in [0, 0.05) is 31.9 Å². The van der Waals surface area contributed by atoms with Crippen LogP contribution in [0.2, 0.25) is 0 Å². The van der Waals surface area contributed by atoms with Crippen LogP contribution in [0.4, 0.5) is 10.1 Å². The second kappa shape index (κ2) is 8.23. The molecule has 1 heterocycles. The Labute approximate surface area is 175 Å². The number of aliphatic carboxylic acids is 1. The number of carboxylic acid groups (broad SMARTS) is 1. The van der Waals surface area contributed by atoms with Gasteiger partial charge in [0.2, 0.25) is 10.0 Å². The lowest BCUT2D eigenvalue weighted by Gasteiger charge is -2.35. The number of benzene rings is 2. The van der Waals surface area contributed by atoms with Crippen molar-refractivity contribution in [3.05, 3.63) is 53.8 Å². The Morgan fingerprint density at radius 2 is 1.67 bits per heavy atom. The molecular weight excluding hydrogens is 411 g/mol.